The largest absolute Gasteiger partial charge is 0.535 e. The number of benzene rings is 1. The molecule has 126 valence electrons. The Bertz CT molecular complexity index is 631. The molecule has 2 aromatic rings. The van der Waals surface area contributed by atoms with Crippen LogP contribution in [0, 0.1) is 0 Å². The van der Waals surface area contributed by atoms with E-state index in [1.54, 1.807) is 6.08 Å². The molecule has 0 aliphatic carbocycles. The Morgan fingerprint density at radius 3 is 2.13 bits per heavy atom. The minimum atomic E-state index is -2.03. The van der Waals surface area contributed by atoms with Crippen molar-refractivity contribution >= 4 is 37.0 Å². The van der Waals surface area contributed by atoms with Crippen LogP contribution < -0.4 is 0 Å². The van der Waals surface area contributed by atoms with Crippen LogP contribution in [0.3, 0.4) is 0 Å². The molecule has 1 aromatic carbocycles. The summed E-state index contributed by atoms with van der Waals surface area (Å²) in [6.07, 6.45) is 1.80. The van der Waals surface area contributed by atoms with Gasteiger partial charge in [-0.25, -0.2) is 0 Å². The maximum absolute atomic E-state index is 6.47. The summed E-state index contributed by atoms with van der Waals surface area (Å²) in [6.45, 7) is 13.5. The number of para-hydroxylation sites is 1. The Hall–Kier alpha value is -1.19. The Kier molecular flexibility index (Phi) is 5.64. The maximum Gasteiger partial charge on any atom is 0.259 e. The Morgan fingerprint density at radius 1 is 1.04 bits per heavy atom. The van der Waals surface area contributed by atoms with Gasteiger partial charge >= 0.3 is 0 Å². The minimum absolute atomic E-state index is 0.437. The molecule has 1 heterocycles. The lowest BCUT2D eigenvalue weighted by Gasteiger charge is -2.41. The quantitative estimate of drug-likeness (QED) is 0.407. The molecule has 0 spiro atoms. The van der Waals surface area contributed by atoms with E-state index in [4.69, 9.17) is 20.4 Å². The Morgan fingerprint density at radius 2 is 1.61 bits per heavy atom. The van der Waals surface area contributed by atoms with Crippen LogP contribution in [-0.4, -0.2) is 8.32 Å². The van der Waals surface area contributed by atoms with Gasteiger partial charge in [0.1, 0.15) is 11.3 Å². The smallest absolute Gasteiger partial charge is 0.259 e. The zero-order chi connectivity index (χ0) is 17.2. The fourth-order valence-electron chi connectivity index (χ4n) is 3.74. The molecule has 4 heteroatoms. The SMILES string of the molecule is CC(C)[Si](OC(Cl)=Cc1cc2ccccc2o1)(C(C)C)C(C)C. The average Bonchev–Trinajstić information content (AvgIpc) is 2.85. The highest BCUT2D eigenvalue weighted by Gasteiger charge is 2.47. The van der Waals surface area contributed by atoms with Gasteiger partial charge in [-0.2, -0.15) is 0 Å². The van der Waals surface area contributed by atoms with Crippen LogP contribution >= 0.6 is 11.6 Å². The van der Waals surface area contributed by atoms with E-state index < -0.39 is 8.32 Å². The van der Waals surface area contributed by atoms with Gasteiger partial charge in [0, 0.05) is 11.5 Å². The van der Waals surface area contributed by atoms with E-state index in [1.807, 2.05) is 30.3 Å². The van der Waals surface area contributed by atoms with E-state index in [2.05, 4.69) is 41.5 Å². The van der Waals surface area contributed by atoms with Crippen LogP contribution in [-0.2, 0) is 4.43 Å². The van der Waals surface area contributed by atoms with Gasteiger partial charge in [-0.05, 0) is 40.4 Å². The molecule has 23 heavy (non-hydrogen) atoms. The monoisotopic (exact) mass is 350 g/mol. The fourth-order valence-corrected chi connectivity index (χ4v) is 9.35. The minimum Gasteiger partial charge on any atom is -0.535 e. The lowest BCUT2D eigenvalue weighted by Crippen LogP contribution is -2.47. The number of fused-ring (bicyclic) bond motifs is 1. The average molecular weight is 351 g/mol. The van der Waals surface area contributed by atoms with Crippen molar-refractivity contribution in [3.05, 3.63) is 41.3 Å². The van der Waals surface area contributed by atoms with E-state index in [9.17, 15) is 0 Å². The standard InChI is InChI=1S/C19H27ClO2Si/c1-13(2)23(14(3)4,15(5)6)22-19(20)12-17-11-16-9-7-8-10-18(16)21-17/h7-15H,1-6H3. The summed E-state index contributed by atoms with van der Waals surface area (Å²) in [5.74, 6) is 0.732. The topological polar surface area (TPSA) is 22.4 Å². The molecule has 0 amide bonds. The van der Waals surface area contributed by atoms with Crippen molar-refractivity contribution in [3.8, 4) is 0 Å². The first-order chi connectivity index (χ1) is 10.8. The molecule has 0 bridgehead atoms. The summed E-state index contributed by atoms with van der Waals surface area (Å²) < 4.78 is 12.2. The molecule has 0 aliphatic heterocycles. The summed E-state index contributed by atoms with van der Waals surface area (Å²) >= 11 is 6.47. The zero-order valence-electron chi connectivity index (χ0n) is 14.9. The Balaban J connectivity index is 2.32. The van der Waals surface area contributed by atoms with Crippen LogP contribution in [0.1, 0.15) is 47.3 Å². The molecule has 2 nitrogen and oxygen atoms in total. The second-order valence-corrected chi connectivity index (χ2v) is 12.8. The summed E-state index contributed by atoms with van der Waals surface area (Å²) in [5, 5.41) is 1.51. The molecule has 0 radical (unpaired) electrons. The lowest BCUT2D eigenvalue weighted by molar-refractivity contribution is 0.403. The predicted molar refractivity (Wildman–Crippen MR) is 102 cm³/mol. The van der Waals surface area contributed by atoms with Crippen LogP contribution in [0.5, 0.6) is 0 Å². The van der Waals surface area contributed by atoms with Crippen molar-refractivity contribution in [2.75, 3.05) is 0 Å². The van der Waals surface area contributed by atoms with Gasteiger partial charge in [0.05, 0.1) is 0 Å². The van der Waals surface area contributed by atoms with Gasteiger partial charge in [-0.1, -0.05) is 59.7 Å². The van der Waals surface area contributed by atoms with E-state index in [0.29, 0.717) is 21.8 Å². The molecule has 0 N–H and O–H groups in total. The first kappa shape index (κ1) is 18.1. The highest BCUT2D eigenvalue weighted by molar-refractivity contribution is 6.78. The third-order valence-electron chi connectivity index (χ3n) is 4.68. The van der Waals surface area contributed by atoms with Gasteiger partial charge in [-0.3, -0.25) is 0 Å². The summed E-state index contributed by atoms with van der Waals surface area (Å²) in [6, 6.07) is 9.94. The zero-order valence-corrected chi connectivity index (χ0v) is 16.6. The molecule has 0 fully saturated rings. The third-order valence-corrected chi connectivity index (χ3v) is 11.0. The Labute approximate surface area is 145 Å². The highest BCUT2D eigenvalue weighted by atomic mass is 35.5. The molecule has 0 unspecified atom stereocenters. The number of hydrogen-bond donors (Lipinski definition) is 0. The molecule has 1 aromatic heterocycles. The van der Waals surface area contributed by atoms with Crippen molar-refractivity contribution in [1.82, 2.24) is 0 Å². The van der Waals surface area contributed by atoms with Gasteiger partial charge in [-0.15, -0.1) is 0 Å². The fraction of sp³-hybridized carbons (Fsp3) is 0.474. The van der Waals surface area contributed by atoms with Gasteiger partial charge in [0.25, 0.3) is 8.32 Å². The van der Waals surface area contributed by atoms with Crippen molar-refractivity contribution < 1.29 is 8.84 Å². The number of halogens is 1. The predicted octanol–water partition coefficient (Wildman–Crippen LogP) is 7.16. The number of hydrogen-bond acceptors (Lipinski definition) is 2. The molecular formula is C19H27ClO2Si. The molecule has 0 saturated heterocycles. The van der Waals surface area contributed by atoms with Crippen molar-refractivity contribution in [3.63, 3.8) is 0 Å². The second-order valence-electron chi connectivity index (χ2n) is 7.05. The first-order valence-corrected chi connectivity index (χ1v) is 10.8. The molecule has 0 atom stereocenters. The third kappa shape index (κ3) is 3.67. The van der Waals surface area contributed by atoms with Crippen LogP contribution in [0.15, 0.2) is 40.0 Å². The first-order valence-electron chi connectivity index (χ1n) is 8.32. The second kappa shape index (κ2) is 7.14. The van der Waals surface area contributed by atoms with E-state index >= 15 is 0 Å². The molecular weight excluding hydrogens is 324 g/mol. The normalized spacial score (nSPS) is 13.6. The lowest BCUT2D eigenvalue weighted by atomic mass is 10.2. The number of rotatable bonds is 6. The van der Waals surface area contributed by atoms with Crippen molar-refractivity contribution in [2.24, 2.45) is 0 Å². The van der Waals surface area contributed by atoms with E-state index in [0.717, 1.165) is 16.7 Å². The highest BCUT2D eigenvalue weighted by Crippen LogP contribution is 2.44. The van der Waals surface area contributed by atoms with Gasteiger partial charge in [0.2, 0.25) is 0 Å². The maximum atomic E-state index is 6.47. The summed E-state index contributed by atoms with van der Waals surface area (Å²) in [5.41, 5.74) is 2.32. The summed E-state index contributed by atoms with van der Waals surface area (Å²) in [4.78, 5) is 0. The van der Waals surface area contributed by atoms with Crippen LogP contribution in [0.4, 0.5) is 0 Å². The van der Waals surface area contributed by atoms with Gasteiger partial charge < -0.3 is 8.84 Å². The van der Waals surface area contributed by atoms with Crippen molar-refractivity contribution in [1.29, 1.82) is 0 Å². The van der Waals surface area contributed by atoms with Gasteiger partial charge in [0.15, 0.2) is 5.22 Å². The molecule has 0 saturated carbocycles. The van der Waals surface area contributed by atoms with Crippen LogP contribution in [0.2, 0.25) is 16.6 Å². The molecule has 2 rings (SSSR count). The number of furan rings is 1. The summed E-state index contributed by atoms with van der Waals surface area (Å²) in [7, 11) is -2.03. The van der Waals surface area contributed by atoms with Crippen molar-refractivity contribution in [2.45, 2.75) is 58.2 Å². The van der Waals surface area contributed by atoms with E-state index in [-0.39, 0.29) is 0 Å². The molecule has 0 aliphatic rings. The van der Waals surface area contributed by atoms with Crippen LogP contribution in [0.25, 0.3) is 17.0 Å². The van der Waals surface area contributed by atoms with E-state index in [1.165, 1.54) is 0 Å².